The number of carbonyl (C=O) groups excluding carboxylic acids is 1. The number of aliphatic carboxylic acids is 1. The highest BCUT2D eigenvalue weighted by molar-refractivity contribution is 6.00. The second-order valence-electron chi connectivity index (χ2n) is 4.09. The zero-order valence-corrected chi connectivity index (χ0v) is 10.1. The molecule has 1 heterocycles. The SMILES string of the molecule is CCN1C(=O)C(CCC(=O)O)Oc2ccccc21. The van der Waals surface area contributed by atoms with E-state index in [0.29, 0.717) is 12.3 Å². The highest BCUT2D eigenvalue weighted by Crippen LogP contribution is 2.34. The summed E-state index contributed by atoms with van der Waals surface area (Å²) in [6, 6.07) is 7.29. The first-order valence-corrected chi connectivity index (χ1v) is 5.92. The standard InChI is InChI=1S/C13H15NO4/c1-2-14-9-5-3-4-6-10(9)18-11(13(14)17)7-8-12(15)16/h3-6,11H,2,7-8H2,1H3,(H,15,16). The topological polar surface area (TPSA) is 66.8 Å². The Hall–Kier alpha value is -2.04. The van der Waals surface area contributed by atoms with Gasteiger partial charge < -0.3 is 14.7 Å². The maximum Gasteiger partial charge on any atom is 0.303 e. The van der Waals surface area contributed by atoms with Crippen molar-refractivity contribution in [2.24, 2.45) is 0 Å². The van der Waals surface area contributed by atoms with Crippen molar-refractivity contribution >= 4 is 17.6 Å². The lowest BCUT2D eigenvalue weighted by Gasteiger charge is -2.33. The second kappa shape index (κ2) is 5.08. The fourth-order valence-electron chi connectivity index (χ4n) is 2.04. The summed E-state index contributed by atoms with van der Waals surface area (Å²) >= 11 is 0. The molecule has 1 N–H and O–H groups in total. The molecule has 0 spiro atoms. The quantitative estimate of drug-likeness (QED) is 0.881. The van der Waals surface area contributed by atoms with Crippen LogP contribution in [0.3, 0.4) is 0 Å². The highest BCUT2D eigenvalue weighted by atomic mass is 16.5. The van der Waals surface area contributed by atoms with E-state index in [2.05, 4.69) is 0 Å². The number of carboxylic acids is 1. The molecular formula is C13H15NO4. The molecule has 5 nitrogen and oxygen atoms in total. The summed E-state index contributed by atoms with van der Waals surface area (Å²) in [4.78, 5) is 24.3. The van der Waals surface area contributed by atoms with Crippen LogP contribution >= 0.6 is 0 Å². The van der Waals surface area contributed by atoms with Gasteiger partial charge in [0.15, 0.2) is 6.10 Å². The summed E-state index contributed by atoms with van der Waals surface area (Å²) in [6.45, 7) is 2.43. The van der Waals surface area contributed by atoms with Crippen molar-refractivity contribution in [1.82, 2.24) is 0 Å². The number of rotatable bonds is 4. The van der Waals surface area contributed by atoms with Gasteiger partial charge in [-0.3, -0.25) is 9.59 Å². The first-order chi connectivity index (χ1) is 8.63. The maximum absolute atomic E-state index is 12.1. The smallest absolute Gasteiger partial charge is 0.303 e. The van der Waals surface area contributed by atoms with Crippen LogP contribution in [0, 0.1) is 0 Å². The largest absolute Gasteiger partial charge is 0.481 e. The number of amides is 1. The van der Waals surface area contributed by atoms with Crippen molar-refractivity contribution in [3.8, 4) is 5.75 Å². The van der Waals surface area contributed by atoms with Crippen molar-refractivity contribution in [2.75, 3.05) is 11.4 Å². The van der Waals surface area contributed by atoms with Crippen LogP contribution in [-0.4, -0.2) is 29.6 Å². The Morgan fingerprint density at radius 2 is 2.17 bits per heavy atom. The van der Waals surface area contributed by atoms with Crippen LogP contribution < -0.4 is 9.64 Å². The van der Waals surface area contributed by atoms with E-state index in [9.17, 15) is 9.59 Å². The van der Waals surface area contributed by atoms with Crippen LogP contribution in [0.1, 0.15) is 19.8 Å². The van der Waals surface area contributed by atoms with Crippen molar-refractivity contribution < 1.29 is 19.4 Å². The molecule has 0 saturated carbocycles. The number of carbonyl (C=O) groups is 2. The molecule has 1 aliphatic heterocycles. The average Bonchev–Trinajstić information content (AvgIpc) is 2.36. The van der Waals surface area contributed by atoms with Gasteiger partial charge in [-0.15, -0.1) is 0 Å². The Bertz CT molecular complexity index is 472. The molecule has 1 aromatic rings. The molecule has 5 heteroatoms. The van der Waals surface area contributed by atoms with E-state index in [1.165, 1.54) is 0 Å². The number of carboxylic acid groups (broad SMARTS) is 1. The molecule has 0 fully saturated rings. The minimum absolute atomic E-state index is 0.0733. The lowest BCUT2D eigenvalue weighted by molar-refractivity contribution is -0.138. The lowest BCUT2D eigenvalue weighted by atomic mass is 10.1. The van der Waals surface area contributed by atoms with E-state index >= 15 is 0 Å². The Morgan fingerprint density at radius 3 is 2.83 bits per heavy atom. The van der Waals surface area contributed by atoms with E-state index in [1.807, 2.05) is 25.1 Å². The number of anilines is 1. The zero-order valence-electron chi connectivity index (χ0n) is 10.1. The number of hydrogen-bond donors (Lipinski definition) is 1. The van der Waals surface area contributed by atoms with E-state index in [0.717, 1.165) is 5.69 Å². The summed E-state index contributed by atoms with van der Waals surface area (Å²) in [6.07, 6.45) is -0.578. The van der Waals surface area contributed by atoms with Crippen LogP contribution in [0.15, 0.2) is 24.3 Å². The van der Waals surface area contributed by atoms with Crippen molar-refractivity contribution in [3.63, 3.8) is 0 Å². The third-order valence-corrected chi connectivity index (χ3v) is 2.90. The first-order valence-electron chi connectivity index (χ1n) is 5.92. The minimum atomic E-state index is -0.923. The van der Waals surface area contributed by atoms with E-state index < -0.39 is 12.1 Å². The Morgan fingerprint density at radius 1 is 1.44 bits per heavy atom. The fraction of sp³-hybridized carbons (Fsp3) is 0.385. The van der Waals surface area contributed by atoms with E-state index in [1.54, 1.807) is 11.0 Å². The van der Waals surface area contributed by atoms with Gasteiger partial charge in [0.1, 0.15) is 5.75 Å². The highest BCUT2D eigenvalue weighted by Gasteiger charge is 2.33. The van der Waals surface area contributed by atoms with Crippen LogP contribution in [0.2, 0.25) is 0 Å². The summed E-state index contributed by atoms with van der Waals surface area (Å²) in [5.74, 6) is -0.458. The summed E-state index contributed by atoms with van der Waals surface area (Å²) < 4.78 is 5.57. The van der Waals surface area contributed by atoms with Crippen molar-refractivity contribution in [3.05, 3.63) is 24.3 Å². The maximum atomic E-state index is 12.1. The van der Waals surface area contributed by atoms with Gasteiger partial charge in [-0.25, -0.2) is 0 Å². The second-order valence-corrected chi connectivity index (χ2v) is 4.09. The molecule has 0 bridgehead atoms. The summed E-state index contributed by atoms with van der Waals surface area (Å²) in [5.41, 5.74) is 0.747. The van der Waals surface area contributed by atoms with Crippen LogP contribution in [-0.2, 0) is 9.59 Å². The van der Waals surface area contributed by atoms with Gasteiger partial charge in [-0.1, -0.05) is 12.1 Å². The normalized spacial score (nSPS) is 18.2. The number of likely N-dealkylation sites (N-methyl/N-ethyl adjacent to an activating group) is 1. The van der Waals surface area contributed by atoms with E-state index in [4.69, 9.17) is 9.84 Å². The van der Waals surface area contributed by atoms with Gasteiger partial charge in [-0.05, 0) is 19.1 Å². The van der Waals surface area contributed by atoms with Crippen LogP contribution in [0.4, 0.5) is 5.69 Å². The van der Waals surface area contributed by atoms with Gasteiger partial charge >= 0.3 is 5.97 Å². The fourth-order valence-corrected chi connectivity index (χ4v) is 2.04. The van der Waals surface area contributed by atoms with Crippen LogP contribution in [0.25, 0.3) is 0 Å². The number of nitrogens with zero attached hydrogens (tertiary/aromatic N) is 1. The van der Waals surface area contributed by atoms with E-state index in [-0.39, 0.29) is 18.7 Å². The Labute approximate surface area is 105 Å². The number of fused-ring (bicyclic) bond motifs is 1. The molecule has 18 heavy (non-hydrogen) atoms. The Kier molecular flexibility index (Phi) is 3.50. The molecule has 1 amide bonds. The minimum Gasteiger partial charge on any atom is -0.481 e. The Balaban J connectivity index is 2.23. The third kappa shape index (κ3) is 2.30. The molecule has 1 aromatic carbocycles. The lowest BCUT2D eigenvalue weighted by Crippen LogP contribution is -2.46. The van der Waals surface area contributed by atoms with Gasteiger partial charge in [0.2, 0.25) is 0 Å². The van der Waals surface area contributed by atoms with Crippen molar-refractivity contribution in [2.45, 2.75) is 25.9 Å². The summed E-state index contributed by atoms with van der Waals surface area (Å²) in [5, 5.41) is 8.67. The molecule has 2 rings (SSSR count). The number of benzene rings is 1. The molecule has 0 aromatic heterocycles. The van der Waals surface area contributed by atoms with Gasteiger partial charge in [0.25, 0.3) is 5.91 Å². The molecule has 1 aliphatic rings. The van der Waals surface area contributed by atoms with Crippen molar-refractivity contribution in [1.29, 1.82) is 0 Å². The molecule has 0 radical (unpaired) electrons. The number of ether oxygens (including phenoxy) is 1. The summed E-state index contributed by atoms with van der Waals surface area (Å²) in [7, 11) is 0. The average molecular weight is 249 g/mol. The van der Waals surface area contributed by atoms with Gasteiger partial charge in [0.05, 0.1) is 5.69 Å². The molecule has 0 saturated heterocycles. The monoisotopic (exact) mass is 249 g/mol. The predicted octanol–water partition coefficient (Wildman–Crippen LogP) is 1.67. The number of para-hydroxylation sites is 2. The number of hydrogen-bond acceptors (Lipinski definition) is 3. The zero-order chi connectivity index (χ0) is 13.1. The molecule has 1 atom stereocenters. The molecule has 0 aliphatic carbocycles. The third-order valence-electron chi connectivity index (χ3n) is 2.90. The first kappa shape index (κ1) is 12.4. The molecule has 1 unspecified atom stereocenters. The molecule has 96 valence electrons. The van der Waals surface area contributed by atoms with Gasteiger partial charge in [-0.2, -0.15) is 0 Å². The predicted molar refractivity (Wildman–Crippen MR) is 65.8 cm³/mol. The van der Waals surface area contributed by atoms with Gasteiger partial charge in [0, 0.05) is 19.4 Å². The van der Waals surface area contributed by atoms with Crippen LogP contribution in [0.5, 0.6) is 5.75 Å². The molecular weight excluding hydrogens is 234 g/mol.